The molecule has 0 aliphatic carbocycles. The first-order chi connectivity index (χ1) is 15.6. The topological polar surface area (TPSA) is 65.4 Å². The Labute approximate surface area is 228 Å². The summed E-state index contributed by atoms with van der Waals surface area (Å²) in [5, 5.41) is 0. The van der Waals surface area contributed by atoms with Crippen molar-refractivity contribution in [2.75, 3.05) is 0 Å². The first kappa shape index (κ1) is 38.8. The molecule has 1 atom stereocenters. The molecule has 1 unspecified atom stereocenters. The normalized spacial score (nSPS) is 16.0. The Morgan fingerprint density at radius 1 is 0.611 bits per heavy atom. The zero-order valence-corrected chi connectivity index (χ0v) is 29.2. The Kier molecular flexibility index (Phi) is 15.4. The highest BCUT2D eigenvalue weighted by molar-refractivity contribution is 7.44. The molecule has 2 N–H and O–H groups in total. The van der Waals surface area contributed by atoms with Gasteiger partial charge in [-0.1, -0.05) is 41.5 Å². The lowest BCUT2D eigenvalue weighted by Crippen LogP contribution is -2.56. The van der Waals surface area contributed by atoms with Crippen LogP contribution in [0.3, 0.4) is 0 Å². The van der Waals surface area contributed by atoms with Crippen LogP contribution in [-0.2, 0) is 9.05 Å². The van der Waals surface area contributed by atoms with Crippen LogP contribution in [0.25, 0.3) is 0 Å². The average molecular weight is 555 g/mol. The smallest absolute Gasteiger partial charge is 0.260 e. The minimum absolute atomic E-state index is 0.0312. The zero-order valence-electron chi connectivity index (χ0n) is 27.4. The van der Waals surface area contributed by atoms with Crippen LogP contribution < -0.4 is 0 Å². The summed E-state index contributed by atoms with van der Waals surface area (Å²) >= 11 is 0. The lowest BCUT2D eigenvalue weighted by molar-refractivity contribution is 0.00665. The molecule has 0 rings (SSSR count). The van der Waals surface area contributed by atoms with Gasteiger partial charge in [-0.05, 0) is 107 Å². The van der Waals surface area contributed by atoms with Crippen LogP contribution in [0.1, 0.15) is 138 Å². The highest BCUT2D eigenvalue weighted by Crippen LogP contribution is 2.53. The van der Waals surface area contributed by atoms with Gasteiger partial charge in [-0.25, -0.2) is 9.34 Å². The van der Waals surface area contributed by atoms with Crippen molar-refractivity contribution in [3.8, 4) is 0 Å². The number of nitrogens with zero attached hydrogens (tertiary/aromatic N) is 2. The van der Waals surface area contributed by atoms with E-state index in [1.807, 2.05) is 18.5 Å². The quantitative estimate of drug-likeness (QED) is 0.277. The van der Waals surface area contributed by atoms with Gasteiger partial charge in [0.25, 0.3) is 17.1 Å². The lowest BCUT2D eigenvalue weighted by Gasteiger charge is -2.54. The third-order valence-corrected chi connectivity index (χ3v) is 9.63. The van der Waals surface area contributed by atoms with Gasteiger partial charge in [0.15, 0.2) is 0 Å². The van der Waals surface area contributed by atoms with Crippen LogP contribution in [0.2, 0.25) is 0 Å². The van der Waals surface area contributed by atoms with E-state index in [1.54, 1.807) is 0 Å². The molecule has 0 aliphatic rings. The fraction of sp³-hybridized carbons (Fsp3) is 1.00. The van der Waals surface area contributed by atoms with Crippen molar-refractivity contribution in [1.29, 1.82) is 0 Å². The largest absolute Gasteiger partial charge is 0.338 e. The van der Waals surface area contributed by atoms with Gasteiger partial charge in [-0.15, -0.1) is 0 Å². The van der Waals surface area contributed by atoms with E-state index in [0.29, 0.717) is 12.1 Å². The van der Waals surface area contributed by atoms with E-state index in [4.69, 9.17) is 9.05 Å². The van der Waals surface area contributed by atoms with Crippen LogP contribution in [0.15, 0.2) is 0 Å². The molecule has 6 nitrogen and oxygen atoms in total. The van der Waals surface area contributed by atoms with Gasteiger partial charge in [0.2, 0.25) is 0 Å². The van der Waals surface area contributed by atoms with Crippen LogP contribution in [-0.4, -0.2) is 54.0 Å². The molecule has 0 aromatic carbocycles. The maximum atomic E-state index is 9.82. The zero-order chi connectivity index (χ0) is 29.7. The number of hydrogen-bond acceptors (Lipinski definition) is 6. The maximum absolute atomic E-state index is 9.82. The Morgan fingerprint density at radius 2 is 0.944 bits per heavy atom. The molecule has 0 spiro atoms. The molecule has 0 aliphatic heterocycles. The summed E-state index contributed by atoms with van der Waals surface area (Å²) in [6, 6.07) is 0.916. The number of hydrogen-bond donors (Lipinski definition) is 2. The summed E-state index contributed by atoms with van der Waals surface area (Å²) < 4.78 is 16.5. The van der Waals surface area contributed by atoms with E-state index in [-0.39, 0.29) is 33.6 Å². The van der Waals surface area contributed by atoms with Gasteiger partial charge in [0.1, 0.15) is 0 Å². The van der Waals surface area contributed by atoms with Gasteiger partial charge in [-0.2, -0.15) is 0 Å². The SMILES string of the molecule is CC(C)N(C(C)C)P(OC(C)(C)C)OC(C)(C)C.CC(C)N(P(O)O)C(C)(CC(C)(C)C)C(C)(C)C. The summed E-state index contributed by atoms with van der Waals surface area (Å²) in [7, 11) is -3.12. The highest BCUT2D eigenvalue weighted by Gasteiger charge is 2.48. The van der Waals surface area contributed by atoms with Crippen molar-refractivity contribution in [3.63, 3.8) is 0 Å². The molecule has 8 heteroatoms. The molecule has 0 amide bonds. The third kappa shape index (κ3) is 14.7. The summed E-state index contributed by atoms with van der Waals surface area (Å²) in [6.07, 6.45) is 0.918. The van der Waals surface area contributed by atoms with E-state index in [1.165, 1.54) is 0 Å². The molecule has 0 heterocycles. The van der Waals surface area contributed by atoms with Gasteiger partial charge in [0.05, 0.1) is 11.2 Å². The molecule has 0 bridgehead atoms. The van der Waals surface area contributed by atoms with Gasteiger partial charge in [-0.3, -0.25) is 0 Å². The molecular weight excluding hydrogens is 490 g/mol. The monoisotopic (exact) mass is 554 g/mol. The van der Waals surface area contributed by atoms with Gasteiger partial charge < -0.3 is 18.8 Å². The van der Waals surface area contributed by atoms with E-state index >= 15 is 0 Å². The molecule has 0 aromatic heterocycles. The second-order valence-corrected chi connectivity index (χ2v) is 17.5. The van der Waals surface area contributed by atoms with Crippen molar-refractivity contribution < 1.29 is 18.8 Å². The van der Waals surface area contributed by atoms with Crippen LogP contribution in [0, 0.1) is 10.8 Å². The Hall–Kier alpha value is 0.620. The van der Waals surface area contributed by atoms with Crippen LogP contribution in [0.5, 0.6) is 0 Å². The first-order valence-corrected chi connectivity index (χ1v) is 15.8. The minimum atomic E-state index is -2.08. The molecule has 220 valence electrons. The highest BCUT2D eigenvalue weighted by atomic mass is 31.2. The third-order valence-electron chi connectivity index (χ3n) is 5.63. The molecule has 0 fully saturated rings. The molecule has 36 heavy (non-hydrogen) atoms. The van der Waals surface area contributed by atoms with Crippen molar-refractivity contribution in [3.05, 3.63) is 0 Å². The Morgan fingerprint density at radius 3 is 1.11 bits per heavy atom. The first-order valence-electron chi connectivity index (χ1n) is 13.5. The van der Waals surface area contributed by atoms with E-state index in [9.17, 15) is 9.79 Å². The standard InChI is InChI=1S/2C14H32NO2P/c1-11(2)15(12(3)4)18(16-13(5,6)7)17-14(8,9)10;1-11(2)15(18(16)17)14(9,13(6,7)8)10-12(3,4)5/h11-12H,1-10H3;11,16-17H,10H2,1-9H3. The van der Waals surface area contributed by atoms with E-state index in [0.717, 1.165) is 6.42 Å². The molecule has 0 saturated heterocycles. The lowest BCUT2D eigenvalue weighted by atomic mass is 9.67. The Bertz CT molecular complexity index is 583. The molecule has 0 radical (unpaired) electrons. The molecule has 0 aromatic rings. The fourth-order valence-electron chi connectivity index (χ4n) is 4.25. The van der Waals surface area contributed by atoms with Crippen LogP contribution in [0.4, 0.5) is 0 Å². The second-order valence-electron chi connectivity index (χ2n) is 15.2. The van der Waals surface area contributed by atoms with Crippen molar-refractivity contribution >= 4 is 17.1 Å². The van der Waals surface area contributed by atoms with Crippen molar-refractivity contribution in [1.82, 2.24) is 9.34 Å². The minimum Gasteiger partial charge on any atom is -0.338 e. The predicted molar refractivity (Wildman–Crippen MR) is 161 cm³/mol. The average Bonchev–Trinajstić information content (AvgIpc) is 2.47. The Balaban J connectivity index is 0. The summed E-state index contributed by atoms with van der Waals surface area (Å²) in [4.78, 5) is 19.6. The predicted octanol–water partition coefficient (Wildman–Crippen LogP) is 9.11. The van der Waals surface area contributed by atoms with E-state index in [2.05, 4.69) is 122 Å². The summed E-state index contributed by atoms with van der Waals surface area (Å²) in [6.45, 7) is 40.5. The number of rotatable bonds is 9. The molecule has 0 saturated carbocycles. The van der Waals surface area contributed by atoms with Gasteiger partial charge in [0, 0.05) is 23.7 Å². The van der Waals surface area contributed by atoms with Crippen LogP contribution >= 0.6 is 17.1 Å². The van der Waals surface area contributed by atoms with Gasteiger partial charge >= 0.3 is 0 Å². The summed E-state index contributed by atoms with van der Waals surface area (Å²) in [5.41, 5.74) is -0.538. The summed E-state index contributed by atoms with van der Waals surface area (Å²) in [5.74, 6) is 0. The van der Waals surface area contributed by atoms with Crippen molar-refractivity contribution in [2.24, 2.45) is 10.8 Å². The maximum Gasteiger partial charge on any atom is 0.260 e. The molecular formula is C28H64N2O4P2. The second kappa shape index (κ2) is 14.3. The fourth-order valence-corrected chi connectivity index (χ4v) is 7.35. The van der Waals surface area contributed by atoms with E-state index < -0.39 is 17.1 Å². The van der Waals surface area contributed by atoms with Crippen molar-refractivity contribution in [2.45, 2.75) is 173 Å².